The summed E-state index contributed by atoms with van der Waals surface area (Å²) in [5, 5.41) is 28.9. The zero-order chi connectivity index (χ0) is 42.2. The third kappa shape index (κ3) is 7.88. The molecule has 39 heavy (non-hydrogen) atoms. The van der Waals surface area contributed by atoms with Gasteiger partial charge in [-0.1, -0.05) is 23.3 Å². The number of nitrogens with two attached hydrogens (primary N) is 2. The molecule has 0 aliphatic heterocycles. The van der Waals surface area contributed by atoms with Gasteiger partial charge in [0.25, 0.3) is 0 Å². The molecule has 0 aliphatic rings. The molecule has 5 aromatic rings. The molecular formula is C26H40N10O3. The van der Waals surface area contributed by atoms with E-state index in [1.165, 1.54) is 6.07 Å². The van der Waals surface area contributed by atoms with Crippen LogP contribution in [0.15, 0.2) is 78.4 Å². The number of hydrogen-bond acceptors (Lipinski definition) is 11. The predicted molar refractivity (Wildman–Crippen MR) is 159 cm³/mol. The van der Waals surface area contributed by atoms with Gasteiger partial charge >= 0.3 is 0 Å². The number of rotatable bonds is 4. The zero-order valence-electron chi connectivity index (χ0n) is 35.1. The second-order valence-electron chi connectivity index (χ2n) is 7.87. The SMILES string of the molecule is Cc1ccc(O)c(-c2n[nH]c(-c3ncccn3)n2)c1.Cc1ccc(O)c(C=O)c1.N/N=C(\N)c1ncccn1.[3H][3H].[3H][3H].[3H][3H].[3H][3H].[3H][3H].[3H][3H].[3H][3H]. The molecule has 0 amide bonds. The fourth-order valence-electron chi connectivity index (χ4n) is 2.99. The predicted octanol–water partition coefficient (Wildman–Crippen LogP) is 4.23. The Morgan fingerprint density at radius 3 is 2.10 bits per heavy atom. The second-order valence-corrected chi connectivity index (χ2v) is 7.87. The largest absolute Gasteiger partial charge is 0.507 e. The fraction of sp³-hybridized carbons (Fsp3) is 0.0769. The Morgan fingerprint density at radius 1 is 0.923 bits per heavy atom. The van der Waals surface area contributed by atoms with Crippen molar-refractivity contribution >= 4 is 12.1 Å². The first-order valence-corrected chi connectivity index (χ1v) is 11.4. The Morgan fingerprint density at radius 2 is 1.51 bits per heavy atom. The van der Waals surface area contributed by atoms with Gasteiger partial charge in [-0.3, -0.25) is 9.89 Å². The van der Waals surface area contributed by atoms with Gasteiger partial charge in [0.15, 0.2) is 35.4 Å². The second kappa shape index (κ2) is 13.5. The molecule has 0 unspecified atom stereocenters. The van der Waals surface area contributed by atoms with Gasteiger partial charge in [0.1, 0.15) is 11.5 Å². The molecule has 0 aliphatic carbocycles. The van der Waals surface area contributed by atoms with Crippen LogP contribution in [0.3, 0.4) is 0 Å². The highest BCUT2D eigenvalue weighted by atomic mass is 16.3. The van der Waals surface area contributed by atoms with E-state index in [9.17, 15) is 9.90 Å². The molecule has 0 bridgehead atoms. The van der Waals surface area contributed by atoms with E-state index in [-0.39, 0.29) is 17.3 Å². The van der Waals surface area contributed by atoms with Crippen molar-refractivity contribution in [1.82, 2.24) is 35.1 Å². The van der Waals surface area contributed by atoms with Gasteiger partial charge in [-0.25, -0.2) is 24.9 Å². The number of nitrogens with one attached hydrogen (secondary N) is 1. The normalized spacial score (nSPS) is 11.9. The first-order chi connectivity index (χ1) is 25.8. The highest BCUT2D eigenvalue weighted by molar-refractivity contribution is 5.93. The number of phenolic OH excluding ortho intramolecular Hbond substituents is 2. The van der Waals surface area contributed by atoms with Crippen LogP contribution in [0.4, 0.5) is 0 Å². The Hall–Kier alpha value is -5.72. The minimum absolute atomic E-state index is 0.0422. The highest BCUT2D eigenvalue weighted by Crippen LogP contribution is 2.28. The van der Waals surface area contributed by atoms with Gasteiger partial charge in [0.05, 0.1) is 11.1 Å². The number of hydrogen-bond donors (Lipinski definition) is 5. The number of aldehydes is 1. The van der Waals surface area contributed by atoms with E-state index in [4.69, 9.17) is 37.5 Å². The maximum atomic E-state index is 10.2. The lowest BCUT2D eigenvalue weighted by atomic mass is 10.1. The Bertz CT molecular complexity index is 1580. The molecular weight excluding hydrogens is 500 g/mol. The first-order valence-electron chi connectivity index (χ1n) is 18.4. The molecule has 2 aromatic carbocycles. The number of hydrazone groups is 1. The molecule has 5 rings (SSSR count). The van der Waals surface area contributed by atoms with E-state index in [1.807, 2.05) is 26.0 Å². The minimum atomic E-state index is 0.0422. The summed E-state index contributed by atoms with van der Waals surface area (Å²) in [6.07, 6.45) is 7.05. The minimum Gasteiger partial charge on any atom is -0.507 e. The molecule has 0 radical (unpaired) electrons. The van der Waals surface area contributed by atoms with Crippen molar-refractivity contribution in [1.29, 1.82) is 0 Å². The van der Waals surface area contributed by atoms with Crippen LogP contribution in [0, 0.1) is 13.8 Å². The molecule has 3 heterocycles. The molecule has 0 spiro atoms. The van der Waals surface area contributed by atoms with E-state index in [2.05, 4.69) is 40.2 Å². The number of carbonyl (C=O) groups excluding carboxylic acids is 1. The summed E-state index contributed by atoms with van der Waals surface area (Å²) < 4.78 is 70.0. The summed E-state index contributed by atoms with van der Waals surface area (Å²) in [6, 6.07) is 13.6. The van der Waals surface area contributed by atoms with Gasteiger partial charge in [0, 0.05) is 45.6 Å². The van der Waals surface area contributed by atoms with Gasteiger partial charge in [-0.15, -0.1) is 0 Å². The number of aromatic hydroxyl groups is 2. The summed E-state index contributed by atoms with van der Waals surface area (Å²) in [5.74, 6) is 6.92. The first kappa shape index (κ1) is 19.4. The van der Waals surface area contributed by atoms with Crippen LogP contribution in [0.2, 0.25) is 0 Å². The zero-order valence-corrected chi connectivity index (χ0v) is 21.1. The summed E-state index contributed by atoms with van der Waals surface area (Å²) in [4.78, 5) is 30.3. The summed E-state index contributed by atoms with van der Waals surface area (Å²) in [6.45, 7) is 3.81. The van der Waals surface area contributed by atoms with E-state index < -0.39 is 0 Å². The monoisotopic (exact) mass is 568 g/mol. The van der Waals surface area contributed by atoms with Crippen molar-refractivity contribution in [2.45, 2.75) is 13.8 Å². The molecule has 3 aromatic heterocycles. The van der Waals surface area contributed by atoms with E-state index in [0.29, 0.717) is 40.7 Å². The maximum absolute atomic E-state index is 10.2. The van der Waals surface area contributed by atoms with Gasteiger partial charge in [0.2, 0.25) is 0 Å². The number of nitrogens with zero attached hydrogens (tertiary/aromatic N) is 7. The molecule has 13 nitrogen and oxygen atoms in total. The molecule has 0 fully saturated rings. The van der Waals surface area contributed by atoms with Crippen LogP contribution in [0.25, 0.3) is 23.0 Å². The molecule has 0 atom stereocenters. The molecule has 212 valence electrons. The van der Waals surface area contributed by atoms with Crippen LogP contribution in [0.1, 0.15) is 48.1 Å². The maximum Gasteiger partial charge on any atom is 0.197 e. The third-order valence-corrected chi connectivity index (χ3v) is 4.90. The Labute approximate surface area is 245 Å². The van der Waals surface area contributed by atoms with Crippen molar-refractivity contribution in [3.05, 3.63) is 95.8 Å². The third-order valence-electron chi connectivity index (χ3n) is 4.90. The van der Waals surface area contributed by atoms with Crippen molar-refractivity contribution in [3.8, 4) is 34.5 Å². The quantitative estimate of drug-likeness (QED) is 0.0679. The topological polar surface area (TPSA) is 215 Å². The lowest BCUT2D eigenvalue weighted by molar-refractivity contribution is 0.112. The van der Waals surface area contributed by atoms with Crippen LogP contribution < -0.4 is 11.6 Å². The lowest BCUT2D eigenvalue weighted by Crippen LogP contribution is -2.18. The number of aryl methyl sites for hydroxylation is 2. The lowest BCUT2D eigenvalue weighted by Gasteiger charge is -2.00. The van der Waals surface area contributed by atoms with E-state index in [0.717, 1.165) is 11.1 Å². The van der Waals surface area contributed by atoms with E-state index >= 15 is 0 Å². The van der Waals surface area contributed by atoms with Crippen molar-refractivity contribution in [2.75, 3.05) is 0 Å². The fourth-order valence-corrected chi connectivity index (χ4v) is 2.99. The van der Waals surface area contributed by atoms with E-state index in [1.54, 1.807) is 55.1 Å². The number of benzene rings is 2. The van der Waals surface area contributed by atoms with Crippen LogP contribution in [-0.4, -0.2) is 57.5 Å². The number of aromatic nitrogens is 7. The smallest absolute Gasteiger partial charge is 0.197 e. The summed E-state index contributed by atoms with van der Waals surface area (Å²) in [5.41, 5.74) is 8.22. The number of phenols is 2. The summed E-state index contributed by atoms with van der Waals surface area (Å²) in [7, 11) is 0. The molecule has 0 saturated heterocycles. The number of amidine groups is 1. The number of carbonyl (C=O) groups is 1. The average Bonchev–Trinajstić information content (AvgIpc) is 3.76. The van der Waals surface area contributed by atoms with Crippen molar-refractivity contribution in [3.63, 3.8) is 0 Å². The number of H-pyrrole nitrogens is 1. The summed E-state index contributed by atoms with van der Waals surface area (Å²) >= 11 is 0. The van der Waals surface area contributed by atoms with Crippen molar-refractivity contribution in [2.24, 2.45) is 16.7 Å². The van der Waals surface area contributed by atoms with Crippen LogP contribution in [0.5, 0.6) is 11.5 Å². The standard InChI is InChI=1S/C13H11N5O.C8H8O2.C5H7N5.7H2/c1-8-3-4-10(19)9(7-8)11-16-13(18-17-11)12-14-5-2-6-15-12;1-6-2-3-8(10)7(4-6)5-9;6-4(10-7)5-8-2-1-3-9-5;;;;;;;/h2-7,19H,1H3,(H,16,17,18);2-5,10H,1H3;1-3H,7H2,(H2,6,10);7*1H/i;;;7*1+2T. The Kier molecular flexibility index (Phi) is 6.74. The van der Waals surface area contributed by atoms with Gasteiger partial charge < -0.3 is 21.8 Å². The Balaban J connectivity index is -0.000000195. The van der Waals surface area contributed by atoms with Crippen LogP contribution >= 0.6 is 0 Å². The van der Waals surface area contributed by atoms with Crippen LogP contribution in [-0.2, 0) is 0 Å². The van der Waals surface area contributed by atoms with Gasteiger partial charge in [-0.05, 0) is 50.2 Å². The average molecular weight is 569 g/mol. The molecule has 13 heteroatoms. The van der Waals surface area contributed by atoms with Gasteiger partial charge in [-0.2, -0.15) is 10.2 Å². The molecule has 7 N–H and O–H groups in total. The highest BCUT2D eigenvalue weighted by Gasteiger charge is 2.12. The molecule has 0 saturated carbocycles. The number of aromatic amines is 1. The van der Waals surface area contributed by atoms with Crippen molar-refractivity contribution < 1.29 is 35.8 Å².